The highest BCUT2D eigenvalue weighted by molar-refractivity contribution is 8.00. The molecule has 2 rings (SSSR count). The minimum absolute atomic E-state index is 0.0410. The van der Waals surface area contributed by atoms with E-state index in [4.69, 9.17) is 10.4 Å². The van der Waals surface area contributed by atoms with Crippen LogP contribution in [0.25, 0.3) is 0 Å². The number of hydrogen-bond donors (Lipinski definition) is 1. The van der Waals surface area contributed by atoms with Crippen LogP contribution in [0.1, 0.15) is 5.56 Å². The van der Waals surface area contributed by atoms with Crippen molar-refractivity contribution in [3.63, 3.8) is 0 Å². The van der Waals surface area contributed by atoms with Crippen LogP contribution in [0.15, 0.2) is 23.1 Å². The number of sulfonamides is 1. The maximum Gasteiger partial charge on any atom is 0.322 e. The summed E-state index contributed by atoms with van der Waals surface area (Å²) >= 11 is 1.15. The van der Waals surface area contributed by atoms with Crippen LogP contribution in [-0.4, -0.2) is 41.5 Å². The van der Waals surface area contributed by atoms with E-state index in [1.807, 2.05) is 0 Å². The third kappa shape index (κ3) is 2.37. The topological polar surface area (TPSA) is 98.5 Å². The van der Waals surface area contributed by atoms with Crippen LogP contribution in [0.3, 0.4) is 0 Å². The van der Waals surface area contributed by atoms with Gasteiger partial charge in [-0.3, -0.25) is 4.79 Å². The molecular formula is C11H9FN2O4S2. The van der Waals surface area contributed by atoms with E-state index in [2.05, 4.69) is 0 Å². The van der Waals surface area contributed by atoms with Crippen LogP contribution in [0, 0.1) is 17.1 Å². The number of halogens is 1. The van der Waals surface area contributed by atoms with E-state index in [0.29, 0.717) is 0 Å². The first-order valence-electron chi connectivity index (χ1n) is 5.40. The van der Waals surface area contributed by atoms with Gasteiger partial charge in [0.25, 0.3) is 0 Å². The number of aliphatic carboxylic acids is 1. The van der Waals surface area contributed by atoms with Gasteiger partial charge >= 0.3 is 5.97 Å². The molecule has 0 amide bonds. The van der Waals surface area contributed by atoms with E-state index in [0.717, 1.165) is 28.2 Å². The third-order valence-electron chi connectivity index (χ3n) is 2.80. The molecule has 20 heavy (non-hydrogen) atoms. The molecule has 0 aliphatic carbocycles. The molecule has 0 aromatic heterocycles. The molecule has 1 N–H and O–H groups in total. The fraction of sp³-hybridized carbons (Fsp3) is 0.273. The molecule has 1 aromatic rings. The maximum atomic E-state index is 13.5. The predicted octanol–water partition coefficient (Wildman–Crippen LogP) is 0.846. The first-order valence-corrected chi connectivity index (χ1v) is 8.00. The van der Waals surface area contributed by atoms with Gasteiger partial charge in [-0.1, -0.05) is 6.07 Å². The Morgan fingerprint density at radius 2 is 2.25 bits per heavy atom. The average molecular weight is 316 g/mol. The third-order valence-corrected chi connectivity index (χ3v) is 5.87. The van der Waals surface area contributed by atoms with E-state index in [1.54, 1.807) is 0 Å². The highest BCUT2D eigenvalue weighted by Gasteiger charge is 2.41. The van der Waals surface area contributed by atoms with Crippen molar-refractivity contribution in [2.75, 3.05) is 11.6 Å². The van der Waals surface area contributed by atoms with Gasteiger partial charge in [0.05, 0.1) is 5.88 Å². The fourth-order valence-electron chi connectivity index (χ4n) is 1.81. The zero-order chi connectivity index (χ0) is 14.9. The monoisotopic (exact) mass is 316 g/mol. The molecule has 0 bridgehead atoms. The summed E-state index contributed by atoms with van der Waals surface area (Å²) in [5, 5.41) is 17.9. The second kappa shape index (κ2) is 5.40. The van der Waals surface area contributed by atoms with E-state index >= 15 is 0 Å². The molecule has 0 radical (unpaired) electrons. The van der Waals surface area contributed by atoms with Crippen LogP contribution in [0.5, 0.6) is 0 Å². The van der Waals surface area contributed by atoms with Gasteiger partial charge in [0.2, 0.25) is 10.0 Å². The van der Waals surface area contributed by atoms with Gasteiger partial charge in [-0.15, -0.1) is 11.8 Å². The van der Waals surface area contributed by atoms with Gasteiger partial charge in [-0.2, -0.15) is 9.57 Å². The van der Waals surface area contributed by atoms with Crippen molar-refractivity contribution in [1.82, 2.24) is 4.31 Å². The second-order valence-electron chi connectivity index (χ2n) is 3.97. The summed E-state index contributed by atoms with van der Waals surface area (Å²) in [7, 11) is -4.23. The molecule has 1 aliphatic rings. The average Bonchev–Trinajstić information content (AvgIpc) is 2.88. The van der Waals surface area contributed by atoms with Crippen LogP contribution < -0.4 is 0 Å². The molecule has 1 unspecified atom stereocenters. The molecule has 1 saturated heterocycles. The molecule has 9 heteroatoms. The summed E-state index contributed by atoms with van der Waals surface area (Å²) in [4.78, 5) is 10.5. The summed E-state index contributed by atoms with van der Waals surface area (Å²) in [6.07, 6.45) is 0. The number of rotatable bonds is 3. The Labute approximate surface area is 118 Å². The molecule has 1 fully saturated rings. The van der Waals surface area contributed by atoms with Gasteiger partial charge in [0, 0.05) is 5.75 Å². The minimum atomic E-state index is -4.23. The summed E-state index contributed by atoms with van der Waals surface area (Å²) in [6, 6.07) is 3.54. The predicted molar refractivity (Wildman–Crippen MR) is 68.9 cm³/mol. The lowest BCUT2D eigenvalue weighted by Gasteiger charge is -2.20. The molecule has 0 saturated carbocycles. The number of nitrogens with zero attached hydrogens (tertiary/aromatic N) is 2. The summed E-state index contributed by atoms with van der Waals surface area (Å²) in [6.45, 7) is 0. The Kier molecular flexibility index (Phi) is 3.99. The van der Waals surface area contributed by atoms with Crippen LogP contribution in [0.2, 0.25) is 0 Å². The Bertz CT molecular complexity index is 699. The summed E-state index contributed by atoms with van der Waals surface area (Å²) in [5.74, 6) is -2.15. The molecule has 1 heterocycles. The van der Waals surface area contributed by atoms with Crippen molar-refractivity contribution in [2.24, 2.45) is 0 Å². The zero-order valence-corrected chi connectivity index (χ0v) is 11.6. The van der Waals surface area contributed by atoms with E-state index in [9.17, 15) is 17.6 Å². The highest BCUT2D eigenvalue weighted by atomic mass is 32.2. The number of carboxylic acid groups (broad SMARTS) is 1. The summed E-state index contributed by atoms with van der Waals surface area (Å²) < 4.78 is 39.1. The number of carbonyl (C=O) groups is 1. The first-order chi connectivity index (χ1) is 9.39. The van der Waals surface area contributed by atoms with Crippen LogP contribution in [0.4, 0.5) is 4.39 Å². The van der Waals surface area contributed by atoms with Crippen molar-refractivity contribution in [3.8, 4) is 6.07 Å². The SMILES string of the molecule is N#Cc1c(F)cccc1S(=O)(=O)N1CSCC1C(=O)O. The van der Waals surface area contributed by atoms with E-state index in [1.165, 1.54) is 12.1 Å². The number of nitriles is 1. The Morgan fingerprint density at radius 1 is 1.55 bits per heavy atom. The number of thioether (sulfide) groups is 1. The molecular weight excluding hydrogens is 307 g/mol. The normalized spacial score (nSPS) is 19.7. The standard InChI is InChI=1S/C11H9FN2O4S2/c12-8-2-1-3-10(7(8)4-13)20(17,18)14-6-19-5-9(14)11(15)16/h1-3,9H,5-6H2,(H,15,16). The molecule has 0 spiro atoms. The number of benzene rings is 1. The zero-order valence-electron chi connectivity index (χ0n) is 9.98. The first kappa shape index (κ1) is 14.8. The fourth-order valence-corrected chi connectivity index (χ4v) is 5.10. The van der Waals surface area contributed by atoms with Crippen LogP contribution in [-0.2, 0) is 14.8 Å². The molecule has 1 aromatic carbocycles. The lowest BCUT2D eigenvalue weighted by atomic mass is 10.2. The van der Waals surface area contributed by atoms with Gasteiger partial charge in [-0.05, 0) is 12.1 Å². The van der Waals surface area contributed by atoms with Gasteiger partial charge in [0.15, 0.2) is 0 Å². The number of hydrogen-bond acceptors (Lipinski definition) is 5. The van der Waals surface area contributed by atoms with Crippen molar-refractivity contribution >= 4 is 27.8 Å². The Hall–Kier alpha value is -1.63. The van der Waals surface area contributed by atoms with Crippen molar-refractivity contribution in [1.29, 1.82) is 5.26 Å². The molecule has 1 atom stereocenters. The molecule has 6 nitrogen and oxygen atoms in total. The Balaban J connectivity index is 2.54. The van der Waals surface area contributed by atoms with Crippen LogP contribution >= 0.6 is 11.8 Å². The molecule has 106 valence electrons. The van der Waals surface area contributed by atoms with E-state index < -0.39 is 38.3 Å². The largest absolute Gasteiger partial charge is 0.480 e. The van der Waals surface area contributed by atoms with Crippen molar-refractivity contribution in [2.45, 2.75) is 10.9 Å². The van der Waals surface area contributed by atoms with Crippen molar-refractivity contribution in [3.05, 3.63) is 29.6 Å². The lowest BCUT2D eigenvalue weighted by Crippen LogP contribution is -2.41. The summed E-state index contributed by atoms with van der Waals surface area (Å²) in [5.41, 5.74) is -0.603. The lowest BCUT2D eigenvalue weighted by molar-refractivity contribution is -0.140. The van der Waals surface area contributed by atoms with Crippen molar-refractivity contribution < 1.29 is 22.7 Å². The van der Waals surface area contributed by atoms with Gasteiger partial charge < -0.3 is 5.11 Å². The minimum Gasteiger partial charge on any atom is -0.480 e. The Morgan fingerprint density at radius 3 is 2.85 bits per heavy atom. The highest BCUT2D eigenvalue weighted by Crippen LogP contribution is 2.30. The van der Waals surface area contributed by atoms with Gasteiger partial charge in [-0.25, -0.2) is 12.8 Å². The smallest absolute Gasteiger partial charge is 0.322 e. The second-order valence-corrected chi connectivity index (χ2v) is 6.83. The number of carboxylic acids is 1. The quantitative estimate of drug-likeness (QED) is 0.887. The maximum absolute atomic E-state index is 13.5. The molecule has 1 aliphatic heterocycles. The van der Waals surface area contributed by atoms with Gasteiger partial charge in [0.1, 0.15) is 28.4 Å². The van der Waals surface area contributed by atoms with E-state index in [-0.39, 0.29) is 11.6 Å².